The molecule has 0 spiro atoms. The van der Waals surface area contributed by atoms with E-state index in [2.05, 4.69) is 33.3 Å². The Morgan fingerprint density at radius 2 is 1.40 bits per heavy atom. The second-order valence-corrected chi connectivity index (χ2v) is 30.1. The minimum Gasteiger partial charge on any atom is -0.748 e. The van der Waals surface area contributed by atoms with Crippen molar-refractivity contribution >= 4 is 69.4 Å². The van der Waals surface area contributed by atoms with Crippen molar-refractivity contribution < 1.29 is 81.0 Å². The average molecular weight is 1310 g/mol. The van der Waals surface area contributed by atoms with Gasteiger partial charge in [-0.1, -0.05) is 56.7 Å². The van der Waals surface area contributed by atoms with Crippen molar-refractivity contribution in [1.29, 1.82) is 0 Å². The van der Waals surface area contributed by atoms with Gasteiger partial charge in [0.2, 0.25) is 11.6 Å². The molecule has 0 bridgehead atoms. The van der Waals surface area contributed by atoms with Gasteiger partial charge in [-0.05, 0) is 116 Å². The van der Waals surface area contributed by atoms with E-state index in [9.17, 15) is 71.7 Å². The topological polar surface area (TPSA) is 332 Å². The number of aromatic hydroxyl groups is 2. The Labute approximate surface area is 522 Å². The number of piperazine rings is 1. The predicted octanol–water partition coefficient (Wildman–Crippen LogP) is 6.75. The lowest BCUT2D eigenvalue weighted by Gasteiger charge is -2.34. The summed E-state index contributed by atoms with van der Waals surface area (Å²) in [5, 5.41) is 23.7. The van der Waals surface area contributed by atoms with Crippen LogP contribution in [0.1, 0.15) is 123 Å². The zero-order valence-corrected chi connectivity index (χ0v) is 53.9. The minimum absolute atomic E-state index is 0.0168. The quantitative estimate of drug-likeness (QED) is 0.0148. The number of nitrogens with zero attached hydrogens (tertiary/aromatic N) is 5. The van der Waals surface area contributed by atoms with Gasteiger partial charge >= 0.3 is 0 Å². The largest absolute Gasteiger partial charge is 0.748 e. The van der Waals surface area contributed by atoms with Crippen molar-refractivity contribution in [2.45, 2.75) is 119 Å². The number of fused-ring (bicyclic) bond motifs is 3. The molecule has 0 radical (unpaired) electrons. The lowest BCUT2D eigenvalue weighted by atomic mass is 9.77. The number of nitrogens with one attached hydrogen (secondary N) is 1. The lowest BCUT2D eigenvalue weighted by molar-refractivity contribution is -0.437. The molecule has 484 valence electrons. The summed E-state index contributed by atoms with van der Waals surface area (Å²) in [6.07, 6.45) is 10.0. The fourth-order valence-corrected chi connectivity index (χ4v) is 14.3. The molecule has 23 nitrogen and oxygen atoms in total. The minimum atomic E-state index is -4.67. The van der Waals surface area contributed by atoms with E-state index < -0.39 is 62.8 Å². The summed E-state index contributed by atoms with van der Waals surface area (Å²) >= 11 is 0. The first-order valence-electron chi connectivity index (χ1n) is 29.6. The van der Waals surface area contributed by atoms with Gasteiger partial charge in [-0.2, -0.15) is 29.8 Å². The summed E-state index contributed by atoms with van der Waals surface area (Å²) in [5.74, 6) is -1.97. The normalized spacial score (nSPS) is 18.7. The molecule has 1 unspecified atom stereocenters. The van der Waals surface area contributed by atoms with E-state index in [4.69, 9.17) is 4.74 Å². The standard InChI is InChI=1S/C62H80N6O17S4/c1-43(2)49-38-50(56(70)39-55(49)69)60(72)66-41-45-17-16-44(35-46(45)42-66)40-65-28-26-64(27-29-65)30-32-85-31-23-63-59(71)15-9-10-22-62(5)52-37-48(89(82,83)84)19-21-54(52)68(25-12-34-87(76,77)78)58(62)14-8-6-7-13-57-61(3,4)51-36-47(88(79,80)81)18-20-53(51)67(57)24-11-33-86(73,74)75/h6-8,13-14,16-21,35-39,43H,9-12,15,22-34,40-42H2,1-5H3,(H6-,63,69,70,71,72,73,74,75,76,77,78,79,80,81,82,83,84). The molecule has 4 aromatic rings. The van der Waals surface area contributed by atoms with E-state index in [1.54, 1.807) is 45.9 Å². The van der Waals surface area contributed by atoms with Crippen LogP contribution in [0.5, 0.6) is 11.5 Å². The van der Waals surface area contributed by atoms with Crippen LogP contribution in [0.15, 0.2) is 113 Å². The summed E-state index contributed by atoms with van der Waals surface area (Å²) in [6.45, 7) is 16.4. The smallest absolute Gasteiger partial charge is 0.294 e. The van der Waals surface area contributed by atoms with Crippen LogP contribution in [0.3, 0.4) is 0 Å². The summed E-state index contributed by atoms with van der Waals surface area (Å²) in [7, 11) is -18.2. The second-order valence-electron chi connectivity index (χ2n) is 24.1. The highest BCUT2D eigenvalue weighted by molar-refractivity contribution is 7.86. The zero-order chi connectivity index (χ0) is 64.9. The maximum Gasteiger partial charge on any atom is 0.294 e. The molecule has 89 heavy (non-hydrogen) atoms. The fraction of sp³-hybridized carbons (Fsp3) is 0.468. The Balaban J connectivity index is 0.836. The van der Waals surface area contributed by atoms with Gasteiger partial charge in [0, 0.05) is 125 Å². The number of benzene rings is 4. The number of unbranched alkanes of at least 4 members (excludes halogenated alkanes) is 1. The molecule has 0 aliphatic carbocycles. The van der Waals surface area contributed by atoms with Gasteiger partial charge in [-0.15, -0.1) is 0 Å². The van der Waals surface area contributed by atoms with E-state index in [1.165, 1.54) is 42.5 Å². The first kappa shape index (κ1) is 68.5. The molecule has 1 atom stereocenters. The molecule has 8 rings (SSSR count). The van der Waals surface area contributed by atoms with Crippen LogP contribution in [0.25, 0.3) is 0 Å². The number of hydrogen-bond acceptors (Lipinski definition) is 17. The zero-order valence-electron chi connectivity index (χ0n) is 50.7. The average Bonchev–Trinajstić information content (AvgIpc) is 1.60. The number of allylic oxidation sites excluding steroid dienone is 6. The molecule has 4 aliphatic rings. The number of ether oxygens (including phenoxy) is 1. The molecule has 0 aromatic heterocycles. The molecule has 6 N–H and O–H groups in total. The van der Waals surface area contributed by atoms with Crippen LogP contribution >= 0.6 is 0 Å². The summed E-state index contributed by atoms with van der Waals surface area (Å²) < 4.78 is 145. The first-order valence-corrected chi connectivity index (χ1v) is 35.7. The van der Waals surface area contributed by atoms with Crippen LogP contribution < -0.4 is 10.2 Å². The van der Waals surface area contributed by atoms with Crippen molar-refractivity contribution in [2.75, 3.05) is 82.0 Å². The molecule has 4 aliphatic heterocycles. The van der Waals surface area contributed by atoms with Gasteiger partial charge in [0.15, 0.2) is 5.71 Å². The third-order valence-corrected chi connectivity index (χ3v) is 20.4. The molecular formula is C62H80N6O17S4. The van der Waals surface area contributed by atoms with Crippen molar-refractivity contribution in [1.82, 2.24) is 20.0 Å². The van der Waals surface area contributed by atoms with Gasteiger partial charge in [0.25, 0.3) is 36.3 Å². The van der Waals surface area contributed by atoms with Crippen molar-refractivity contribution in [3.05, 3.63) is 142 Å². The van der Waals surface area contributed by atoms with Crippen molar-refractivity contribution in [3.8, 4) is 11.5 Å². The second kappa shape index (κ2) is 28.0. The maximum atomic E-state index is 13.5. The van der Waals surface area contributed by atoms with Gasteiger partial charge in [-0.25, -0.2) is 8.42 Å². The van der Waals surface area contributed by atoms with E-state index in [-0.39, 0.29) is 76.9 Å². The van der Waals surface area contributed by atoms with E-state index in [1.807, 2.05) is 39.5 Å². The van der Waals surface area contributed by atoms with E-state index in [0.717, 1.165) is 56.0 Å². The SMILES string of the molecule is CC(C)c1cc(C(=O)N2Cc3ccc(CN4CCN(CCOCCNC(=O)CCCCC5(C)/C(=C/C=C/C=C/C6=[N+](CCCS(=O)(=O)[O-])c7ccc(S(=O)(=O)O)cc7C6(C)C)N(CCCS(=O)(=O)O)c6ccc(S(=O)(=O)O)cc65)CC4)cc3C2)c(O)cc1O. The number of amides is 2. The highest BCUT2D eigenvalue weighted by Crippen LogP contribution is 2.52. The van der Waals surface area contributed by atoms with E-state index >= 15 is 0 Å². The number of rotatable bonds is 28. The Bertz CT molecular complexity index is 3930. The third-order valence-electron chi connectivity index (χ3n) is 17.1. The third kappa shape index (κ3) is 17.2. The van der Waals surface area contributed by atoms with Crippen molar-refractivity contribution in [2.24, 2.45) is 0 Å². The maximum absolute atomic E-state index is 13.5. The van der Waals surface area contributed by atoms with Crippen LogP contribution in [0.2, 0.25) is 0 Å². The number of anilines is 1. The van der Waals surface area contributed by atoms with Gasteiger partial charge in [0.05, 0.1) is 49.9 Å². The van der Waals surface area contributed by atoms with Crippen LogP contribution in [-0.4, -0.2) is 176 Å². The molecular weight excluding hydrogens is 1230 g/mol. The highest BCUT2D eigenvalue weighted by Gasteiger charge is 2.46. The fourth-order valence-electron chi connectivity index (χ4n) is 12.3. The van der Waals surface area contributed by atoms with Gasteiger partial charge < -0.3 is 34.6 Å². The predicted molar refractivity (Wildman–Crippen MR) is 335 cm³/mol. The number of phenols is 2. The Morgan fingerprint density at radius 3 is 2.08 bits per heavy atom. The van der Waals surface area contributed by atoms with Gasteiger partial charge in [0.1, 0.15) is 18.0 Å². The Kier molecular flexibility index (Phi) is 21.6. The van der Waals surface area contributed by atoms with Gasteiger partial charge in [-0.3, -0.25) is 33.0 Å². The number of hydrogen-bond donors (Lipinski definition) is 6. The van der Waals surface area contributed by atoms with Crippen LogP contribution in [0.4, 0.5) is 11.4 Å². The summed E-state index contributed by atoms with van der Waals surface area (Å²) in [4.78, 5) is 34.2. The molecule has 4 aromatic carbocycles. The molecule has 4 heterocycles. The lowest BCUT2D eigenvalue weighted by Crippen LogP contribution is -2.46. The van der Waals surface area contributed by atoms with E-state index in [0.29, 0.717) is 91.6 Å². The molecule has 1 fully saturated rings. The number of carbonyl (C=O) groups is 2. The summed E-state index contributed by atoms with van der Waals surface area (Å²) in [5.41, 5.74) is 5.62. The highest BCUT2D eigenvalue weighted by atomic mass is 32.2. The molecule has 2 amide bonds. The Hall–Kier alpha value is -6.37. The molecule has 0 saturated carbocycles. The van der Waals surface area contributed by atoms with Crippen LogP contribution in [-0.2, 0) is 80.5 Å². The first-order chi connectivity index (χ1) is 41.7. The van der Waals surface area contributed by atoms with Crippen LogP contribution in [0, 0.1) is 0 Å². The van der Waals surface area contributed by atoms with Crippen molar-refractivity contribution in [3.63, 3.8) is 0 Å². The monoisotopic (exact) mass is 1310 g/mol. The number of carbonyl (C=O) groups excluding carboxylic acids is 2. The molecule has 1 saturated heterocycles. The summed E-state index contributed by atoms with van der Waals surface area (Å²) in [6, 6.07) is 17.4. The Morgan fingerprint density at radius 1 is 0.730 bits per heavy atom. The number of phenolic OH excluding ortho intramolecular Hbond substituents is 2. The molecule has 27 heteroatoms.